The van der Waals surface area contributed by atoms with Gasteiger partial charge in [-0.05, 0) is 47.4 Å². The third kappa shape index (κ3) is 4.77. The van der Waals surface area contributed by atoms with E-state index in [1.54, 1.807) is 12.1 Å². The SMILES string of the molecule is CC(O)C(NC(=O)c1cccc(NC(=O)OCC2c3ccccc3-c3ccccc32)c1)C(=O)O. The first-order valence-electron chi connectivity index (χ1n) is 10.8. The fourth-order valence-electron chi connectivity index (χ4n) is 4.10. The number of benzene rings is 3. The molecule has 0 saturated carbocycles. The fourth-order valence-corrected chi connectivity index (χ4v) is 4.10. The molecule has 0 aliphatic heterocycles. The molecule has 1 aliphatic rings. The van der Waals surface area contributed by atoms with Crippen molar-refractivity contribution in [2.45, 2.75) is 25.0 Å². The molecule has 4 N–H and O–H groups in total. The molecule has 2 atom stereocenters. The van der Waals surface area contributed by atoms with Crippen LogP contribution in [0, 0.1) is 0 Å². The van der Waals surface area contributed by atoms with Crippen molar-refractivity contribution in [2.24, 2.45) is 0 Å². The second-order valence-electron chi connectivity index (χ2n) is 8.06. The lowest BCUT2D eigenvalue weighted by Gasteiger charge is -2.17. The maximum Gasteiger partial charge on any atom is 0.411 e. The second kappa shape index (κ2) is 9.76. The Kier molecular flexibility index (Phi) is 6.60. The Morgan fingerprint density at radius 2 is 1.56 bits per heavy atom. The van der Waals surface area contributed by atoms with Crippen molar-refractivity contribution in [1.29, 1.82) is 0 Å². The number of nitrogens with one attached hydrogen (secondary N) is 2. The van der Waals surface area contributed by atoms with E-state index in [-0.39, 0.29) is 18.1 Å². The van der Waals surface area contributed by atoms with Gasteiger partial charge in [-0.1, -0.05) is 54.6 Å². The summed E-state index contributed by atoms with van der Waals surface area (Å²) in [5.41, 5.74) is 4.89. The van der Waals surface area contributed by atoms with Gasteiger partial charge in [0.05, 0.1) is 6.10 Å². The number of aliphatic hydroxyl groups is 1. The molecule has 8 nitrogen and oxygen atoms in total. The first-order valence-corrected chi connectivity index (χ1v) is 10.8. The van der Waals surface area contributed by atoms with E-state index in [1.165, 1.54) is 19.1 Å². The molecule has 0 spiro atoms. The quantitative estimate of drug-likeness (QED) is 0.427. The highest BCUT2D eigenvalue weighted by Gasteiger charge is 2.29. The van der Waals surface area contributed by atoms with Crippen molar-refractivity contribution in [3.8, 4) is 11.1 Å². The molecule has 174 valence electrons. The molecule has 3 aromatic carbocycles. The largest absolute Gasteiger partial charge is 0.480 e. The number of hydrogen-bond acceptors (Lipinski definition) is 5. The number of carboxylic acid groups (broad SMARTS) is 1. The molecule has 2 unspecified atom stereocenters. The third-order valence-electron chi connectivity index (χ3n) is 5.75. The van der Waals surface area contributed by atoms with Gasteiger partial charge in [0.1, 0.15) is 6.61 Å². The number of amides is 2. The highest BCUT2D eigenvalue weighted by atomic mass is 16.5. The molecule has 3 aromatic rings. The lowest BCUT2D eigenvalue weighted by atomic mass is 9.98. The lowest BCUT2D eigenvalue weighted by Crippen LogP contribution is -2.47. The summed E-state index contributed by atoms with van der Waals surface area (Å²) in [5.74, 6) is -2.12. The number of aliphatic hydroxyl groups excluding tert-OH is 1. The zero-order valence-electron chi connectivity index (χ0n) is 18.4. The molecular weight excluding hydrogens is 436 g/mol. The second-order valence-corrected chi connectivity index (χ2v) is 8.06. The average molecular weight is 460 g/mol. The molecule has 8 heteroatoms. The number of carbonyl (C=O) groups is 3. The van der Waals surface area contributed by atoms with Crippen molar-refractivity contribution in [1.82, 2.24) is 5.32 Å². The summed E-state index contributed by atoms with van der Waals surface area (Å²) in [5, 5.41) is 23.6. The average Bonchev–Trinajstić information content (AvgIpc) is 3.14. The molecule has 0 bridgehead atoms. The Hall–Kier alpha value is -4.17. The number of ether oxygens (including phenoxy) is 1. The minimum Gasteiger partial charge on any atom is -0.480 e. The molecule has 0 fully saturated rings. The van der Waals surface area contributed by atoms with Gasteiger partial charge in [-0.25, -0.2) is 9.59 Å². The van der Waals surface area contributed by atoms with Gasteiger partial charge in [0.15, 0.2) is 6.04 Å². The van der Waals surface area contributed by atoms with Crippen LogP contribution in [0.5, 0.6) is 0 Å². The molecule has 0 saturated heterocycles. The predicted octanol–water partition coefficient (Wildman–Crippen LogP) is 3.61. The van der Waals surface area contributed by atoms with Crippen LogP contribution in [0.25, 0.3) is 11.1 Å². The zero-order chi connectivity index (χ0) is 24.2. The first-order chi connectivity index (χ1) is 16.3. The van der Waals surface area contributed by atoms with Crippen molar-refractivity contribution in [3.05, 3.63) is 89.5 Å². The van der Waals surface area contributed by atoms with E-state index in [0.29, 0.717) is 5.69 Å². The molecule has 4 rings (SSSR count). The summed E-state index contributed by atoms with van der Waals surface area (Å²) in [6.07, 6.45) is -1.95. The topological polar surface area (TPSA) is 125 Å². The molecule has 0 aromatic heterocycles. The van der Waals surface area contributed by atoms with Crippen molar-refractivity contribution >= 4 is 23.7 Å². The van der Waals surface area contributed by atoms with Gasteiger partial charge in [-0.15, -0.1) is 0 Å². The van der Waals surface area contributed by atoms with Crippen LogP contribution in [-0.2, 0) is 9.53 Å². The van der Waals surface area contributed by atoms with E-state index in [1.807, 2.05) is 36.4 Å². The van der Waals surface area contributed by atoms with Crippen LogP contribution < -0.4 is 10.6 Å². The van der Waals surface area contributed by atoms with Gasteiger partial charge in [0.2, 0.25) is 0 Å². The van der Waals surface area contributed by atoms with Crippen LogP contribution in [0.2, 0.25) is 0 Å². The summed E-state index contributed by atoms with van der Waals surface area (Å²) in [6, 6.07) is 20.6. The molecular formula is C26H24N2O6. The predicted molar refractivity (Wildman–Crippen MR) is 126 cm³/mol. The van der Waals surface area contributed by atoms with E-state index in [2.05, 4.69) is 22.8 Å². The molecule has 2 amide bonds. The third-order valence-corrected chi connectivity index (χ3v) is 5.75. The Morgan fingerprint density at radius 1 is 0.941 bits per heavy atom. The van der Waals surface area contributed by atoms with Gasteiger partial charge in [-0.3, -0.25) is 10.1 Å². The van der Waals surface area contributed by atoms with Crippen molar-refractivity contribution < 1.29 is 29.3 Å². The van der Waals surface area contributed by atoms with E-state index in [9.17, 15) is 19.5 Å². The highest BCUT2D eigenvalue weighted by Crippen LogP contribution is 2.44. The van der Waals surface area contributed by atoms with Crippen LogP contribution in [0.15, 0.2) is 72.8 Å². The summed E-state index contributed by atoms with van der Waals surface area (Å²) in [7, 11) is 0. The number of anilines is 1. The Morgan fingerprint density at radius 3 is 2.15 bits per heavy atom. The maximum absolute atomic E-state index is 12.5. The lowest BCUT2D eigenvalue weighted by molar-refractivity contribution is -0.141. The van der Waals surface area contributed by atoms with Crippen LogP contribution in [-0.4, -0.2) is 46.9 Å². The smallest absolute Gasteiger partial charge is 0.411 e. The fraction of sp³-hybridized carbons (Fsp3) is 0.192. The summed E-state index contributed by atoms with van der Waals surface area (Å²) < 4.78 is 5.51. The van der Waals surface area contributed by atoms with Crippen molar-refractivity contribution in [2.75, 3.05) is 11.9 Å². The van der Waals surface area contributed by atoms with Crippen LogP contribution in [0.1, 0.15) is 34.3 Å². The maximum atomic E-state index is 12.5. The summed E-state index contributed by atoms with van der Waals surface area (Å²) >= 11 is 0. The Balaban J connectivity index is 1.41. The number of carbonyl (C=O) groups excluding carboxylic acids is 2. The molecule has 34 heavy (non-hydrogen) atoms. The van der Waals surface area contributed by atoms with Gasteiger partial charge >= 0.3 is 12.1 Å². The molecule has 0 heterocycles. The minimum absolute atomic E-state index is 0.0799. The van der Waals surface area contributed by atoms with Crippen LogP contribution in [0.4, 0.5) is 10.5 Å². The highest BCUT2D eigenvalue weighted by molar-refractivity contribution is 5.98. The zero-order valence-corrected chi connectivity index (χ0v) is 18.4. The number of hydrogen-bond donors (Lipinski definition) is 4. The van der Waals surface area contributed by atoms with Crippen LogP contribution in [0.3, 0.4) is 0 Å². The molecule has 0 radical (unpaired) electrons. The summed E-state index contributed by atoms with van der Waals surface area (Å²) in [4.78, 5) is 36.1. The van der Waals surface area contributed by atoms with E-state index < -0.39 is 30.1 Å². The van der Waals surface area contributed by atoms with Crippen molar-refractivity contribution in [3.63, 3.8) is 0 Å². The van der Waals surface area contributed by atoms with Gasteiger partial charge in [-0.2, -0.15) is 0 Å². The first kappa shape index (κ1) is 23.0. The number of rotatable bonds is 7. The minimum atomic E-state index is -1.45. The van der Waals surface area contributed by atoms with E-state index in [0.717, 1.165) is 22.3 Å². The number of aliphatic carboxylic acids is 1. The standard InChI is InChI=1S/C26H24N2O6/c1-15(29)23(25(31)32)28-24(30)16-7-6-8-17(13-16)27-26(33)34-14-22-20-11-4-2-9-18(20)19-10-3-5-12-21(19)22/h2-13,15,22-23,29H,14H2,1H3,(H,27,33)(H,28,30)(H,31,32). The number of carboxylic acids is 1. The van der Waals surface area contributed by atoms with E-state index >= 15 is 0 Å². The molecule has 1 aliphatic carbocycles. The Bertz CT molecular complexity index is 1190. The van der Waals surface area contributed by atoms with Crippen LogP contribution >= 0.6 is 0 Å². The normalized spacial score (nSPS) is 13.8. The Labute approximate surface area is 196 Å². The van der Waals surface area contributed by atoms with Gasteiger partial charge in [0, 0.05) is 17.2 Å². The monoisotopic (exact) mass is 460 g/mol. The van der Waals surface area contributed by atoms with Gasteiger partial charge in [0.25, 0.3) is 5.91 Å². The van der Waals surface area contributed by atoms with Gasteiger partial charge < -0.3 is 20.3 Å². The summed E-state index contributed by atoms with van der Waals surface area (Å²) in [6.45, 7) is 1.42. The number of fused-ring (bicyclic) bond motifs is 3. The van der Waals surface area contributed by atoms with E-state index in [4.69, 9.17) is 9.84 Å².